The molecule has 4 aromatic rings. The fourth-order valence-electron chi connectivity index (χ4n) is 7.99. The van der Waals surface area contributed by atoms with E-state index >= 15 is 0 Å². The number of anilines is 4. The number of nitrogens with zero attached hydrogens (tertiary/aromatic N) is 5. The number of alkyl halides is 6. The summed E-state index contributed by atoms with van der Waals surface area (Å²) in [4.78, 5) is 30.0. The van der Waals surface area contributed by atoms with Crippen LogP contribution in [-0.2, 0) is 37.4 Å². The van der Waals surface area contributed by atoms with Crippen molar-refractivity contribution in [3.05, 3.63) is 82.9 Å². The molecular weight excluding hydrogens is 993 g/mol. The minimum absolute atomic E-state index is 0.0348. The van der Waals surface area contributed by atoms with Gasteiger partial charge in [-0.1, -0.05) is 12.1 Å². The van der Waals surface area contributed by atoms with Crippen molar-refractivity contribution in [3.8, 4) is 11.8 Å². The Kier molecular flexibility index (Phi) is 19.4. The van der Waals surface area contributed by atoms with Gasteiger partial charge in [-0.2, -0.15) is 43.2 Å². The van der Waals surface area contributed by atoms with Crippen LogP contribution in [0.4, 0.5) is 62.9 Å². The van der Waals surface area contributed by atoms with E-state index in [1.807, 2.05) is 19.9 Å². The number of hydrogen-bond acceptors (Lipinski definition) is 17. The summed E-state index contributed by atoms with van der Waals surface area (Å²) in [6.45, 7) is 8.30. The van der Waals surface area contributed by atoms with E-state index in [1.54, 1.807) is 32.0 Å². The molecule has 4 bridgehead atoms. The molecule has 0 spiro atoms. The molecule has 1 amide bonds. The summed E-state index contributed by atoms with van der Waals surface area (Å²) in [5.74, 6) is 0.709. The Balaban J connectivity index is 0.000000247. The van der Waals surface area contributed by atoms with Crippen molar-refractivity contribution >= 4 is 52.2 Å². The van der Waals surface area contributed by atoms with Crippen LogP contribution in [0.1, 0.15) is 47.9 Å². The number of carbonyl (C=O) groups is 1. The number of amides is 1. The summed E-state index contributed by atoms with van der Waals surface area (Å²) < 4.78 is 166. The molecular formula is C42H46F8N8O10S2. The maximum Gasteiger partial charge on any atom is 0.434 e. The zero-order valence-electron chi connectivity index (χ0n) is 37.5. The van der Waals surface area contributed by atoms with Crippen molar-refractivity contribution in [3.63, 3.8) is 0 Å². The average Bonchev–Trinajstić information content (AvgIpc) is 3.27. The van der Waals surface area contributed by atoms with Gasteiger partial charge in [0.25, 0.3) is 6.10 Å². The van der Waals surface area contributed by atoms with Crippen molar-refractivity contribution in [1.82, 2.24) is 30.2 Å². The monoisotopic (exact) mass is 1040 g/mol. The first-order valence-electron chi connectivity index (χ1n) is 21.1. The van der Waals surface area contributed by atoms with Gasteiger partial charge in [-0.15, -0.1) is 0 Å². The van der Waals surface area contributed by atoms with E-state index in [-0.39, 0.29) is 55.4 Å². The lowest BCUT2D eigenvalue weighted by atomic mass is 9.92. The minimum atomic E-state index is -5.82. The van der Waals surface area contributed by atoms with E-state index in [1.165, 1.54) is 24.8 Å². The number of ether oxygens (including phenoxy) is 5. The Morgan fingerprint density at radius 2 is 1.07 bits per heavy atom. The molecule has 28 heteroatoms. The van der Waals surface area contributed by atoms with E-state index in [2.05, 4.69) is 40.6 Å². The Hall–Kier alpha value is -5.97. The Morgan fingerprint density at radius 3 is 1.47 bits per heavy atom. The third-order valence-corrected chi connectivity index (χ3v) is 11.1. The molecule has 4 aliphatic heterocycles. The smallest absolute Gasteiger partial charge is 0.434 e. The Bertz CT molecular complexity index is 2450. The molecule has 4 unspecified atom stereocenters. The molecule has 2 aromatic carbocycles. The number of morpholine rings is 2. The molecule has 0 radical (unpaired) electrons. The van der Waals surface area contributed by atoms with E-state index in [0.29, 0.717) is 35.0 Å². The molecule has 6 heterocycles. The van der Waals surface area contributed by atoms with Crippen molar-refractivity contribution in [1.29, 1.82) is 0 Å². The molecule has 70 heavy (non-hydrogen) atoms. The van der Waals surface area contributed by atoms with Crippen LogP contribution < -0.4 is 25.4 Å². The highest BCUT2D eigenvalue weighted by molar-refractivity contribution is 7.51. The Labute approximate surface area is 401 Å². The minimum Gasteiger partial charge on any atom is -0.474 e. The number of piperidine rings is 2. The van der Waals surface area contributed by atoms with E-state index < -0.39 is 71.7 Å². The SMILES string of the molecule is Cc1ccc(Nc2ncnc(OC3CC4COCC(C3)N4)c2C)c(F)c1.Cc1ccc(Nc2ncnc(OC3CC4COCC(C3)N4C(=O)OC(C(F)(F)F)C(F)(F)F)c2C)c(F)c1.O=S=O.O=S=O. The first kappa shape index (κ1) is 55.0. The molecule has 3 N–H and O–H groups in total. The van der Waals surface area contributed by atoms with E-state index in [4.69, 9.17) is 35.8 Å². The van der Waals surface area contributed by atoms with Gasteiger partial charge in [-0.3, -0.25) is 4.90 Å². The summed E-state index contributed by atoms with van der Waals surface area (Å²) in [6.07, 6.45) is -13.6. The van der Waals surface area contributed by atoms with Crippen LogP contribution >= 0.6 is 0 Å². The number of aryl methyl sites for hydroxylation is 2. The van der Waals surface area contributed by atoms with E-state index in [9.17, 15) is 39.9 Å². The third kappa shape index (κ3) is 15.0. The van der Waals surface area contributed by atoms with Gasteiger partial charge in [0.1, 0.15) is 48.1 Å². The van der Waals surface area contributed by atoms with Gasteiger partial charge in [0, 0.05) is 37.8 Å². The van der Waals surface area contributed by atoms with Gasteiger partial charge < -0.3 is 39.6 Å². The third-order valence-electron chi connectivity index (χ3n) is 11.1. The van der Waals surface area contributed by atoms with Gasteiger partial charge in [0.2, 0.25) is 11.8 Å². The van der Waals surface area contributed by atoms with Gasteiger partial charge in [0.15, 0.2) is 0 Å². The van der Waals surface area contributed by atoms with Crippen LogP contribution in [0.3, 0.4) is 0 Å². The van der Waals surface area contributed by atoms with Crippen LogP contribution in [0, 0.1) is 39.3 Å². The summed E-state index contributed by atoms with van der Waals surface area (Å²) in [5.41, 5.74) is 3.38. The maximum absolute atomic E-state index is 14.3. The summed E-state index contributed by atoms with van der Waals surface area (Å²) >= 11 is -1.50. The number of rotatable bonds is 9. The normalized spacial score (nSPS) is 21.5. The van der Waals surface area contributed by atoms with Crippen LogP contribution in [-0.4, -0.2) is 129 Å². The number of benzene rings is 2. The highest BCUT2D eigenvalue weighted by Gasteiger charge is 2.61. The first-order valence-corrected chi connectivity index (χ1v) is 22.4. The lowest BCUT2D eigenvalue weighted by Crippen LogP contribution is -2.62. The van der Waals surface area contributed by atoms with Crippen LogP contribution in [0.25, 0.3) is 0 Å². The molecule has 0 saturated carbocycles. The zero-order valence-corrected chi connectivity index (χ0v) is 39.1. The molecule has 4 fully saturated rings. The molecule has 4 aliphatic rings. The zero-order chi connectivity index (χ0) is 51.3. The number of aromatic nitrogens is 4. The molecule has 382 valence electrons. The predicted molar refractivity (Wildman–Crippen MR) is 232 cm³/mol. The van der Waals surface area contributed by atoms with Gasteiger partial charge in [0.05, 0.1) is 61.0 Å². The number of carbonyl (C=O) groups excluding carboxylic acids is 1. The molecule has 0 aliphatic carbocycles. The number of halogens is 8. The van der Waals surface area contributed by atoms with Crippen molar-refractivity contribution in [2.24, 2.45) is 0 Å². The highest BCUT2D eigenvalue weighted by atomic mass is 32.1. The van der Waals surface area contributed by atoms with Crippen molar-refractivity contribution < 1.29 is 80.4 Å². The van der Waals surface area contributed by atoms with Crippen molar-refractivity contribution in [2.45, 2.75) is 108 Å². The fourth-order valence-corrected chi connectivity index (χ4v) is 7.99. The highest BCUT2D eigenvalue weighted by Crippen LogP contribution is 2.39. The molecule has 18 nitrogen and oxygen atoms in total. The van der Waals surface area contributed by atoms with E-state index in [0.717, 1.165) is 47.6 Å². The molecule has 4 saturated heterocycles. The average molecular weight is 1040 g/mol. The van der Waals surface area contributed by atoms with Crippen LogP contribution in [0.5, 0.6) is 11.8 Å². The fraction of sp³-hybridized carbons (Fsp3) is 0.500. The second-order valence-electron chi connectivity index (χ2n) is 16.3. The van der Waals surface area contributed by atoms with Crippen molar-refractivity contribution in [2.75, 3.05) is 37.1 Å². The molecule has 4 atom stereocenters. The van der Waals surface area contributed by atoms with Gasteiger partial charge >= 0.3 is 41.6 Å². The first-order chi connectivity index (χ1) is 33.1. The summed E-state index contributed by atoms with van der Waals surface area (Å²) in [5, 5.41) is 9.46. The lowest BCUT2D eigenvalue weighted by Gasteiger charge is -2.47. The maximum atomic E-state index is 14.3. The van der Waals surface area contributed by atoms with Gasteiger partial charge in [-0.05, 0) is 63.1 Å². The number of nitrogens with one attached hydrogen (secondary N) is 3. The Morgan fingerprint density at radius 1 is 0.671 bits per heavy atom. The largest absolute Gasteiger partial charge is 0.474 e. The second kappa shape index (κ2) is 24.7. The number of hydrogen-bond donors (Lipinski definition) is 3. The predicted octanol–water partition coefficient (Wildman–Crippen LogP) is 6.75. The molecule has 8 rings (SSSR count). The lowest BCUT2D eigenvalue weighted by molar-refractivity contribution is -0.309. The topological polar surface area (TPSA) is 222 Å². The van der Waals surface area contributed by atoms with Gasteiger partial charge in [-0.25, -0.2) is 33.5 Å². The van der Waals surface area contributed by atoms with Crippen LogP contribution in [0.2, 0.25) is 0 Å². The number of fused-ring (bicyclic) bond motifs is 4. The van der Waals surface area contributed by atoms with Crippen LogP contribution in [0.15, 0.2) is 49.1 Å². The quantitative estimate of drug-likeness (QED) is 0.148. The molecule has 2 aromatic heterocycles. The standard InChI is InChI=1S/C23H23F7N4O4.C19H23FN4O2.2O2S/c1-11-3-4-17(16(24)5-11)33-18-12(2)19(32-10-31-18)37-15-6-13-8-36-9-14(7-15)34(13)21(35)38-20(22(25,26)27)23(28,29)30;1-11-3-4-17(16(20)5-11)24-18-12(2)19(22-10-21-18)26-15-6-13-8-25-9-14(7-15)23-13;2*1-3-2/h3-5,10,13-15,20H,6-9H2,1-2H3,(H,31,32,33);3-5,10,13-15,23H,6-9H2,1-2H3,(H,21,22,24);;. The summed E-state index contributed by atoms with van der Waals surface area (Å²) in [6, 6.07) is 8.55. The second-order valence-corrected chi connectivity index (χ2v) is 16.5. The summed E-state index contributed by atoms with van der Waals surface area (Å²) in [7, 11) is 0.